The van der Waals surface area contributed by atoms with Crippen molar-refractivity contribution in [3.63, 3.8) is 0 Å². The number of ether oxygens (including phenoxy) is 2. The standard InChI is InChI=1S/C17H29NO2/c1-6-18-13-16(15-9-7-14(2)8-10-15)19-11-12-20-17(3,4)5/h7-10,16,18H,6,11-13H2,1-5H3. The lowest BCUT2D eigenvalue weighted by Crippen LogP contribution is -2.26. The van der Waals surface area contributed by atoms with Crippen molar-refractivity contribution in [1.29, 1.82) is 0 Å². The van der Waals surface area contributed by atoms with E-state index in [1.165, 1.54) is 11.1 Å². The third kappa shape index (κ3) is 7.04. The molecule has 0 saturated carbocycles. The Labute approximate surface area is 123 Å². The van der Waals surface area contributed by atoms with Gasteiger partial charge in [0.05, 0.1) is 24.9 Å². The summed E-state index contributed by atoms with van der Waals surface area (Å²) in [5.41, 5.74) is 2.38. The van der Waals surface area contributed by atoms with Crippen molar-refractivity contribution < 1.29 is 9.47 Å². The zero-order valence-corrected chi connectivity index (χ0v) is 13.5. The summed E-state index contributed by atoms with van der Waals surface area (Å²) in [6.45, 7) is 13.4. The van der Waals surface area contributed by atoms with Gasteiger partial charge in [0.2, 0.25) is 0 Å². The van der Waals surface area contributed by atoms with E-state index in [1.54, 1.807) is 0 Å². The van der Waals surface area contributed by atoms with E-state index in [9.17, 15) is 0 Å². The van der Waals surface area contributed by atoms with Crippen LogP contribution in [0.1, 0.15) is 44.9 Å². The molecule has 114 valence electrons. The van der Waals surface area contributed by atoms with Crippen LogP contribution in [0, 0.1) is 6.92 Å². The first kappa shape index (κ1) is 17.2. The van der Waals surface area contributed by atoms with Crippen molar-refractivity contribution in [1.82, 2.24) is 5.32 Å². The third-order valence-electron chi connectivity index (χ3n) is 2.97. The van der Waals surface area contributed by atoms with Gasteiger partial charge >= 0.3 is 0 Å². The summed E-state index contributed by atoms with van der Waals surface area (Å²) in [6.07, 6.45) is 0.0825. The van der Waals surface area contributed by atoms with Crippen molar-refractivity contribution in [2.45, 2.75) is 46.3 Å². The Morgan fingerprint density at radius 1 is 1.10 bits per heavy atom. The lowest BCUT2D eigenvalue weighted by atomic mass is 10.1. The van der Waals surface area contributed by atoms with E-state index >= 15 is 0 Å². The zero-order valence-electron chi connectivity index (χ0n) is 13.5. The topological polar surface area (TPSA) is 30.5 Å². The molecular weight excluding hydrogens is 250 g/mol. The highest BCUT2D eigenvalue weighted by molar-refractivity contribution is 5.23. The molecule has 0 saturated heterocycles. The predicted molar refractivity (Wildman–Crippen MR) is 84.1 cm³/mol. The van der Waals surface area contributed by atoms with Crippen LogP contribution in [-0.4, -0.2) is 31.9 Å². The number of likely N-dealkylation sites (N-methyl/N-ethyl adjacent to an activating group) is 1. The second kappa shape index (κ2) is 8.40. The van der Waals surface area contributed by atoms with Crippen LogP contribution >= 0.6 is 0 Å². The summed E-state index contributed by atoms with van der Waals surface area (Å²) < 4.78 is 11.7. The van der Waals surface area contributed by atoms with Gasteiger partial charge in [-0.1, -0.05) is 36.8 Å². The second-order valence-electron chi connectivity index (χ2n) is 6.04. The Morgan fingerprint density at radius 2 is 1.75 bits per heavy atom. The number of hydrogen-bond acceptors (Lipinski definition) is 3. The lowest BCUT2D eigenvalue weighted by Gasteiger charge is -2.22. The van der Waals surface area contributed by atoms with E-state index in [0.29, 0.717) is 13.2 Å². The molecule has 1 aromatic carbocycles. The first-order valence-electron chi connectivity index (χ1n) is 7.45. The SMILES string of the molecule is CCNCC(OCCOC(C)(C)C)c1ccc(C)cc1. The fourth-order valence-electron chi connectivity index (χ4n) is 1.87. The molecule has 0 aliphatic carbocycles. The molecule has 0 bridgehead atoms. The number of benzene rings is 1. The van der Waals surface area contributed by atoms with Crippen molar-refractivity contribution >= 4 is 0 Å². The van der Waals surface area contributed by atoms with E-state index in [0.717, 1.165) is 13.1 Å². The van der Waals surface area contributed by atoms with Crippen molar-refractivity contribution in [2.24, 2.45) is 0 Å². The first-order chi connectivity index (χ1) is 9.42. The molecule has 0 aliphatic heterocycles. The van der Waals surface area contributed by atoms with E-state index in [4.69, 9.17) is 9.47 Å². The summed E-state index contributed by atoms with van der Waals surface area (Å²) in [4.78, 5) is 0. The van der Waals surface area contributed by atoms with E-state index in [2.05, 4.69) is 64.2 Å². The minimum absolute atomic E-state index is 0.0825. The summed E-state index contributed by atoms with van der Waals surface area (Å²) in [7, 11) is 0. The zero-order chi connectivity index (χ0) is 15.0. The van der Waals surface area contributed by atoms with Gasteiger partial charge in [-0.2, -0.15) is 0 Å². The summed E-state index contributed by atoms with van der Waals surface area (Å²) in [5, 5.41) is 3.35. The Kier molecular flexibility index (Phi) is 7.20. The van der Waals surface area contributed by atoms with Crippen LogP contribution < -0.4 is 5.32 Å². The van der Waals surface area contributed by atoms with E-state index in [1.807, 2.05) is 0 Å². The van der Waals surface area contributed by atoms with Crippen LogP contribution in [-0.2, 0) is 9.47 Å². The highest BCUT2D eigenvalue weighted by atomic mass is 16.5. The molecule has 1 atom stereocenters. The molecule has 0 fully saturated rings. The Hall–Kier alpha value is -0.900. The quantitative estimate of drug-likeness (QED) is 0.739. The molecule has 0 radical (unpaired) electrons. The van der Waals surface area contributed by atoms with Gasteiger partial charge in [-0.05, 0) is 39.8 Å². The Morgan fingerprint density at radius 3 is 2.30 bits per heavy atom. The smallest absolute Gasteiger partial charge is 0.0950 e. The van der Waals surface area contributed by atoms with Crippen molar-refractivity contribution in [2.75, 3.05) is 26.3 Å². The van der Waals surface area contributed by atoms with Gasteiger partial charge in [0, 0.05) is 6.54 Å². The molecule has 20 heavy (non-hydrogen) atoms. The third-order valence-corrected chi connectivity index (χ3v) is 2.97. The van der Waals surface area contributed by atoms with Crippen LogP contribution in [0.15, 0.2) is 24.3 Å². The average Bonchev–Trinajstić information content (AvgIpc) is 2.38. The fraction of sp³-hybridized carbons (Fsp3) is 0.647. The molecule has 1 N–H and O–H groups in total. The van der Waals surface area contributed by atoms with Gasteiger partial charge in [-0.25, -0.2) is 0 Å². The minimum Gasteiger partial charge on any atom is -0.373 e. The van der Waals surface area contributed by atoms with Gasteiger partial charge in [-0.3, -0.25) is 0 Å². The van der Waals surface area contributed by atoms with Gasteiger partial charge in [0.1, 0.15) is 0 Å². The molecule has 0 heterocycles. The maximum atomic E-state index is 5.98. The molecule has 3 nitrogen and oxygen atoms in total. The monoisotopic (exact) mass is 279 g/mol. The van der Waals surface area contributed by atoms with Crippen LogP contribution in [0.5, 0.6) is 0 Å². The van der Waals surface area contributed by atoms with Crippen LogP contribution in [0.25, 0.3) is 0 Å². The molecule has 1 aromatic rings. The van der Waals surface area contributed by atoms with Gasteiger partial charge in [0.15, 0.2) is 0 Å². The molecule has 0 aromatic heterocycles. The summed E-state index contributed by atoms with van der Waals surface area (Å²) >= 11 is 0. The number of hydrogen-bond donors (Lipinski definition) is 1. The molecule has 1 unspecified atom stereocenters. The summed E-state index contributed by atoms with van der Waals surface area (Å²) in [5.74, 6) is 0. The minimum atomic E-state index is -0.107. The van der Waals surface area contributed by atoms with Crippen molar-refractivity contribution in [3.8, 4) is 0 Å². The Balaban J connectivity index is 2.49. The first-order valence-corrected chi connectivity index (χ1v) is 7.45. The molecule has 0 spiro atoms. The fourth-order valence-corrected chi connectivity index (χ4v) is 1.87. The van der Waals surface area contributed by atoms with E-state index in [-0.39, 0.29) is 11.7 Å². The largest absolute Gasteiger partial charge is 0.373 e. The van der Waals surface area contributed by atoms with Crippen LogP contribution in [0.4, 0.5) is 0 Å². The maximum Gasteiger partial charge on any atom is 0.0950 e. The highest BCUT2D eigenvalue weighted by Gasteiger charge is 2.13. The molecule has 3 heteroatoms. The van der Waals surface area contributed by atoms with Crippen LogP contribution in [0.3, 0.4) is 0 Å². The molecule has 0 aliphatic rings. The normalized spacial score (nSPS) is 13.4. The van der Waals surface area contributed by atoms with E-state index < -0.39 is 0 Å². The number of rotatable bonds is 8. The molecule has 0 amide bonds. The Bertz CT molecular complexity index is 368. The average molecular weight is 279 g/mol. The number of nitrogens with one attached hydrogen (secondary N) is 1. The highest BCUT2D eigenvalue weighted by Crippen LogP contribution is 2.17. The summed E-state index contributed by atoms with van der Waals surface area (Å²) in [6, 6.07) is 8.54. The molecule has 1 rings (SSSR count). The van der Waals surface area contributed by atoms with Gasteiger partial charge in [-0.15, -0.1) is 0 Å². The van der Waals surface area contributed by atoms with Crippen molar-refractivity contribution in [3.05, 3.63) is 35.4 Å². The molecular formula is C17H29NO2. The van der Waals surface area contributed by atoms with Crippen LogP contribution in [0.2, 0.25) is 0 Å². The lowest BCUT2D eigenvalue weighted by molar-refractivity contribution is -0.0518. The second-order valence-corrected chi connectivity index (χ2v) is 6.04. The van der Waals surface area contributed by atoms with Gasteiger partial charge in [0.25, 0.3) is 0 Å². The van der Waals surface area contributed by atoms with Gasteiger partial charge < -0.3 is 14.8 Å². The maximum absolute atomic E-state index is 5.98. The predicted octanol–water partition coefficient (Wildman–Crippen LogP) is 3.48. The number of aryl methyl sites for hydroxylation is 1.